The maximum absolute atomic E-state index is 9.32. The number of aliphatic hydroxyl groups is 2. The monoisotopic (exact) mass is 586 g/mol. The molecular formula is C30H56Mn2N2O2-8. The van der Waals surface area contributed by atoms with Gasteiger partial charge in [-0.3, -0.25) is 9.97 Å². The number of hydrogen-bond donors (Lipinski definition) is 2. The maximum atomic E-state index is 9.32. The van der Waals surface area contributed by atoms with Crippen LogP contribution in [0, 0.1) is 57.4 Å². The van der Waals surface area contributed by atoms with E-state index in [4.69, 9.17) is 5.11 Å². The van der Waals surface area contributed by atoms with Crippen molar-refractivity contribution in [1.29, 1.82) is 0 Å². The number of nitrogens with zero attached hydrogens (tertiary/aromatic N) is 2. The van der Waals surface area contributed by atoms with Crippen molar-refractivity contribution in [1.82, 2.24) is 9.97 Å². The van der Waals surface area contributed by atoms with Gasteiger partial charge in [0.05, 0.1) is 0 Å². The molecule has 2 aromatic rings. The Hall–Kier alpha value is -0.741. The van der Waals surface area contributed by atoms with Crippen molar-refractivity contribution in [2.24, 2.45) is 0 Å². The van der Waals surface area contributed by atoms with Crippen LogP contribution in [-0.4, -0.2) is 32.9 Å². The van der Waals surface area contributed by atoms with Gasteiger partial charge in [-0.1, -0.05) is 39.8 Å². The maximum Gasteiger partial charge on any atom is 0.0402 e. The van der Waals surface area contributed by atoms with E-state index in [0.29, 0.717) is 6.42 Å². The predicted molar refractivity (Wildman–Crippen MR) is 157 cm³/mol. The summed E-state index contributed by atoms with van der Waals surface area (Å²) in [7, 11) is 0. The Morgan fingerprint density at radius 1 is 0.722 bits per heavy atom. The molecule has 2 aromatic heterocycles. The minimum absolute atomic E-state index is 0. The van der Waals surface area contributed by atoms with Gasteiger partial charge in [0.1, 0.15) is 0 Å². The molecule has 6 heteroatoms. The third kappa shape index (κ3) is 31.3. The van der Waals surface area contributed by atoms with Crippen LogP contribution in [0.15, 0.2) is 36.4 Å². The average molecular weight is 587 g/mol. The van der Waals surface area contributed by atoms with Gasteiger partial charge in [0.25, 0.3) is 0 Å². The number of aliphatic hydroxyl groups excluding tert-OH is 2. The van der Waals surface area contributed by atoms with Gasteiger partial charge in [0.2, 0.25) is 0 Å². The van der Waals surface area contributed by atoms with Crippen LogP contribution in [0.2, 0.25) is 0 Å². The molecule has 4 nitrogen and oxygen atoms in total. The van der Waals surface area contributed by atoms with Crippen LogP contribution in [0.3, 0.4) is 0 Å². The summed E-state index contributed by atoms with van der Waals surface area (Å²) in [6.45, 7) is 26.8. The molecule has 0 aliphatic heterocycles. The molecule has 36 heavy (non-hydrogen) atoms. The minimum atomic E-state index is -0.465. The molecule has 0 bridgehead atoms. The molecule has 2 radical (unpaired) electrons. The zero-order valence-corrected chi connectivity index (χ0v) is 27.2. The van der Waals surface area contributed by atoms with Crippen molar-refractivity contribution in [2.45, 2.75) is 72.8 Å². The van der Waals surface area contributed by atoms with Gasteiger partial charge in [-0.2, -0.15) is 0 Å². The first-order valence-corrected chi connectivity index (χ1v) is 10.8. The molecule has 220 valence electrons. The van der Waals surface area contributed by atoms with Gasteiger partial charge in [0.15, 0.2) is 0 Å². The molecule has 0 amide bonds. The van der Waals surface area contributed by atoms with E-state index in [0.717, 1.165) is 35.6 Å². The summed E-state index contributed by atoms with van der Waals surface area (Å²) in [6.07, 6.45) is 1.72. The quantitative estimate of drug-likeness (QED) is 0.282. The number of rotatable bonds is 5. The number of pyridine rings is 2. The summed E-state index contributed by atoms with van der Waals surface area (Å²) in [5.41, 5.74) is 3.85. The number of aromatic nitrogens is 2. The Morgan fingerprint density at radius 2 is 1.00 bits per heavy atom. The van der Waals surface area contributed by atoms with Crippen molar-refractivity contribution in [2.75, 3.05) is 6.61 Å². The van der Waals surface area contributed by atoms with E-state index in [1.54, 1.807) is 13.8 Å². The third-order valence-electron chi connectivity index (χ3n) is 3.42. The Bertz CT molecular complexity index is 594. The van der Waals surface area contributed by atoms with E-state index in [1.165, 1.54) is 0 Å². The van der Waals surface area contributed by atoms with Crippen LogP contribution in [0.5, 0.6) is 0 Å². The van der Waals surface area contributed by atoms with Gasteiger partial charge >= 0.3 is 0 Å². The van der Waals surface area contributed by atoms with E-state index in [2.05, 4.69) is 37.7 Å². The SMILES string of the molecule is CC.CC.CCO.[CH2-]Cc1cccc(C([CH2-])C(C)O)n1.[CH2-]Cc1cccc(C[CH2-])n1.[CH3-].[CH3-].[CH3-].[CH3-].[Mn].[Mn]. The van der Waals surface area contributed by atoms with Crippen molar-refractivity contribution in [3.8, 4) is 0 Å². The Kier molecular flexibility index (Phi) is 73.8. The topological polar surface area (TPSA) is 66.2 Å². The van der Waals surface area contributed by atoms with E-state index in [-0.39, 0.29) is 76.4 Å². The standard InChI is InChI=1S/C11H15NO.C9H11N.C2H6O.2C2H6.4CH3.2Mn/c1-4-10-6-5-7-11(12-10)8(2)9(3)13;1-3-8-6-5-7-9(4-2)10-8;1-2-3;2*1-2;;;;;;/h5-9,13H,1-2,4H2,3H3;5-7H,1-4H2;3H,2H2,1H3;2*1-2H3;4*1H3;;/q2*-2;;;;4*-1;;. The second-order valence-corrected chi connectivity index (χ2v) is 5.59. The molecule has 2 rings (SSSR count). The van der Waals surface area contributed by atoms with E-state index >= 15 is 0 Å². The Morgan fingerprint density at radius 3 is 1.28 bits per heavy atom. The van der Waals surface area contributed by atoms with Crippen molar-refractivity contribution in [3.05, 3.63) is 117 Å². The van der Waals surface area contributed by atoms with Crippen molar-refractivity contribution in [3.63, 3.8) is 0 Å². The summed E-state index contributed by atoms with van der Waals surface area (Å²) in [5.74, 6) is -0.161. The van der Waals surface area contributed by atoms with Gasteiger partial charge in [-0.05, 0) is 38.1 Å². The average Bonchev–Trinajstić information content (AvgIpc) is 2.82. The first-order valence-electron chi connectivity index (χ1n) is 10.8. The molecule has 2 heterocycles. The molecule has 0 saturated carbocycles. The first-order chi connectivity index (χ1) is 14.4. The summed E-state index contributed by atoms with van der Waals surface area (Å²) in [4.78, 5) is 8.61. The molecule has 0 spiro atoms. The zero-order valence-electron chi connectivity index (χ0n) is 24.8. The molecule has 0 fully saturated rings. The van der Waals surface area contributed by atoms with Gasteiger partial charge < -0.3 is 67.6 Å². The predicted octanol–water partition coefficient (Wildman–Crippen LogP) is 7.44. The van der Waals surface area contributed by atoms with Crippen LogP contribution in [0.25, 0.3) is 0 Å². The summed E-state index contributed by atoms with van der Waals surface area (Å²) in [5, 5.41) is 16.9. The second kappa shape index (κ2) is 44.3. The summed E-state index contributed by atoms with van der Waals surface area (Å²) in [6, 6.07) is 11.7. The smallest absolute Gasteiger partial charge is 0.0402 e. The van der Waals surface area contributed by atoms with E-state index < -0.39 is 6.10 Å². The van der Waals surface area contributed by atoms with E-state index in [9.17, 15) is 5.11 Å². The number of hydrogen-bond acceptors (Lipinski definition) is 4. The molecule has 0 aliphatic rings. The van der Waals surface area contributed by atoms with Crippen molar-refractivity contribution >= 4 is 0 Å². The minimum Gasteiger partial charge on any atom is -0.397 e. The van der Waals surface area contributed by atoms with Crippen LogP contribution >= 0.6 is 0 Å². The molecule has 2 N–H and O–H groups in total. The van der Waals surface area contributed by atoms with Gasteiger partial charge in [0, 0.05) is 69.6 Å². The molecule has 2 atom stereocenters. The van der Waals surface area contributed by atoms with Crippen LogP contribution < -0.4 is 0 Å². The normalized spacial score (nSPS) is 9.11. The molecular weight excluding hydrogens is 530 g/mol. The summed E-state index contributed by atoms with van der Waals surface area (Å²) >= 11 is 0. The Balaban J connectivity index is -0.0000000412. The van der Waals surface area contributed by atoms with Crippen LogP contribution in [0.4, 0.5) is 0 Å². The molecule has 0 aromatic carbocycles. The molecule has 0 saturated heterocycles. The van der Waals surface area contributed by atoms with E-state index in [1.807, 2.05) is 64.1 Å². The third-order valence-corrected chi connectivity index (χ3v) is 3.42. The zero-order chi connectivity index (χ0) is 23.9. The largest absolute Gasteiger partial charge is 0.397 e. The Labute approximate surface area is 249 Å². The fourth-order valence-corrected chi connectivity index (χ4v) is 1.90. The van der Waals surface area contributed by atoms with Crippen LogP contribution in [0.1, 0.15) is 70.2 Å². The fraction of sp³-hybridized carbons (Fsp3) is 0.400. The molecule has 0 aliphatic carbocycles. The summed E-state index contributed by atoms with van der Waals surface area (Å²) < 4.78 is 0. The van der Waals surface area contributed by atoms with Crippen LogP contribution in [-0.2, 0) is 53.4 Å². The fourth-order valence-electron chi connectivity index (χ4n) is 1.90. The van der Waals surface area contributed by atoms with Gasteiger partial charge in [-0.25, -0.2) is 0 Å². The first kappa shape index (κ1) is 60.0. The molecule has 2 unspecified atom stereocenters. The van der Waals surface area contributed by atoms with Gasteiger partial charge in [-0.15, -0.1) is 25.2 Å². The van der Waals surface area contributed by atoms with Crippen molar-refractivity contribution < 1.29 is 44.4 Å². The second-order valence-electron chi connectivity index (χ2n) is 5.59.